The molecule has 2 N–H and O–H groups in total. The van der Waals surface area contributed by atoms with Crippen molar-refractivity contribution in [1.82, 2.24) is 19.8 Å². The number of carbonyl (C=O) groups is 1. The van der Waals surface area contributed by atoms with Gasteiger partial charge in [0.2, 0.25) is 15.9 Å². The van der Waals surface area contributed by atoms with Crippen LogP contribution in [0.1, 0.15) is 29.1 Å². The average molecular weight is 383 g/mol. The zero-order valence-electron chi connectivity index (χ0n) is 14.3. The number of aromatic nitrogens is 2. The second kappa shape index (κ2) is 7.27. The monoisotopic (exact) mass is 382 g/mol. The summed E-state index contributed by atoms with van der Waals surface area (Å²) in [6.45, 7) is 4.62. The van der Waals surface area contributed by atoms with Gasteiger partial charge in [0.15, 0.2) is 0 Å². The molecule has 7 nitrogen and oxygen atoms in total. The van der Waals surface area contributed by atoms with Gasteiger partial charge in [-0.3, -0.25) is 9.89 Å². The highest BCUT2D eigenvalue weighted by Crippen LogP contribution is 2.26. The SMILES string of the molecule is Cc1n[nH]c(C)c1S(=O)(=O)N1CCC(C(=O)NCc2cccs2)CC1. The summed E-state index contributed by atoms with van der Waals surface area (Å²) in [5.74, 6) is -0.140. The summed E-state index contributed by atoms with van der Waals surface area (Å²) < 4.78 is 27.1. The van der Waals surface area contributed by atoms with Crippen LogP contribution >= 0.6 is 11.3 Å². The number of nitrogens with one attached hydrogen (secondary N) is 2. The highest BCUT2D eigenvalue weighted by Gasteiger charge is 2.34. The first kappa shape index (κ1) is 18.1. The first-order valence-electron chi connectivity index (χ1n) is 8.21. The summed E-state index contributed by atoms with van der Waals surface area (Å²) in [6.07, 6.45) is 1.07. The number of sulfonamides is 1. The Kier molecular flexibility index (Phi) is 5.26. The number of rotatable bonds is 5. The van der Waals surface area contributed by atoms with Gasteiger partial charge in [-0.15, -0.1) is 11.3 Å². The molecule has 0 atom stereocenters. The smallest absolute Gasteiger partial charge is 0.246 e. The van der Waals surface area contributed by atoms with Gasteiger partial charge in [-0.2, -0.15) is 9.40 Å². The van der Waals surface area contributed by atoms with Crippen LogP contribution in [0, 0.1) is 19.8 Å². The molecule has 9 heteroatoms. The minimum absolute atomic E-state index is 0.00104. The molecule has 3 heterocycles. The molecule has 0 radical (unpaired) electrons. The van der Waals surface area contributed by atoms with E-state index in [1.54, 1.807) is 25.2 Å². The molecule has 25 heavy (non-hydrogen) atoms. The summed E-state index contributed by atoms with van der Waals surface area (Å²) in [6, 6.07) is 3.94. The third-order valence-electron chi connectivity index (χ3n) is 4.50. The quantitative estimate of drug-likeness (QED) is 0.824. The fraction of sp³-hybridized carbons (Fsp3) is 0.500. The summed E-state index contributed by atoms with van der Waals surface area (Å²) in [5.41, 5.74) is 1.03. The molecule has 1 aliphatic rings. The number of hydrogen-bond donors (Lipinski definition) is 2. The van der Waals surface area contributed by atoms with Crippen LogP contribution in [0.5, 0.6) is 0 Å². The minimum Gasteiger partial charge on any atom is -0.351 e. The van der Waals surface area contributed by atoms with Crippen LogP contribution in [-0.4, -0.2) is 41.9 Å². The van der Waals surface area contributed by atoms with Crippen molar-refractivity contribution in [2.75, 3.05) is 13.1 Å². The predicted molar refractivity (Wildman–Crippen MR) is 95.7 cm³/mol. The van der Waals surface area contributed by atoms with Gasteiger partial charge in [-0.1, -0.05) is 6.07 Å². The fourth-order valence-corrected chi connectivity index (χ4v) is 5.59. The molecule has 0 unspecified atom stereocenters. The Labute approximate surface area is 151 Å². The van der Waals surface area contributed by atoms with Crippen molar-refractivity contribution in [3.8, 4) is 0 Å². The molecule has 1 amide bonds. The van der Waals surface area contributed by atoms with E-state index < -0.39 is 10.0 Å². The Morgan fingerprint density at radius 2 is 2.12 bits per heavy atom. The largest absolute Gasteiger partial charge is 0.351 e. The first-order chi connectivity index (χ1) is 11.9. The second-order valence-corrected chi connectivity index (χ2v) is 9.15. The molecule has 1 aliphatic heterocycles. The molecule has 136 valence electrons. The lowest BCUT2D eigenvalue weighted by atomic mass is 9.97. The van der Waals surface area contributed by atoms with E-state index in [2.05, 4.69) is 15.5 Å². The minimum atomic E-state index is -3.57. The maximum absolute atomic E-state index is 12.8. The summed E-state index contributed by atoms with van der Waals surface area (Å²) >= 11 is 1.61. The maximum atomic E-state index is 12.8. The molecular formula is C16H22N4O3S2. The van der Waals surface area contributed by atoms with E-state index in [9.17, 15) is 13.2 Å². The Balaban J connectivity index is 1.59. The van der Waals surface area contributed by atoms with Gasteiger partial charge in [-0.05, 0) is 38.1 Å². The van der Waals surface area contributed by atoms with Crippen LogP contribution in [0.2, 0.25) is 0 Å². The molecule has 2 aromatic rings. The van der Waals surface area contributed by atoms with Crippen molar-refractivity contribution in [3.05, 3.63) is 33.8 Å². The van der Waals surface area contributed by atoms with Crippen LogP contribution in [0.25, 0.3) is 0 Å². The van der Waals surface area contributed by atoms with Gasteiger partial charge < -0.3 is 5.32 Å². The second-order valence-electron chi connectivity index (χ2n) is 6.24. The number of aromatic amines is 1. The topological polar surface area (TPSA) is 95.2 Å². The van der Waals surface area contributed by atoms with E-state index in [4.69, 9.17) is 0 Å². The molecule has 2 aromatic heterocycles. The Bertz CT molecular complexity index is 815. The van der Waals surface area contributed by atoms with Gasteiger partial charge in [-0.25, -0.2) is 8.42 Å². The lowest BCUT2D eigenvalue weighted by Crippen LogP contribution is -2.43. The summed E-state index contributed by atoms with van der Waals surface area (Å²) in [5, 5.41) is 11.6. The van der Waals surface area contributed by atoms with Crippen LogP contribution in [-0.2, 0) is 21.4 Å². The molecular weight excluding hydrogens is 360 g/mol. The molecule has 0 spiro atoms. The number of nitrogens with zero attached hydrogens (tertiary/aromatic N) is 2. The van der Waals surface area contributed by atoms with Gasteiger partial charge in [0.05, 0.1) is 17.9 Å². The zero-order chi connectivity index (χ0) is 18.0. The zero-order valence-corrected chi connectivity index (χ0v) is 15.9. The van der Waals surface area contributed by atoms with Crippen molar-refractivity contribution >= 4 is 27.3 Å². The molecule has 1 fully saturated rings. The van der Waals surface area contributed by atoms with Gasteiger partial charge in [0.25, 0.3) is 0 Å². The van der Waals surface area contributed by atoms with E-state index in [1.807, 2.05) is 17.5 Å². The molecule has 3 rings (SSSR count). The Hall–Kier alpha value is -1.71. The lowest BCUT2D eigenvalue weighted by molar-refractivity contribution is -0.126. The number of H-pyrrole nitrogens is 1. The number of aryl methyl sites for hydroxylation is 2. The number of piperidine rings is 1. The predicted octanol–water partition coefficient (Wildman–Crippen LogP) is 1.81. The van der Waals surface area contributed by atoms with Crippen LogP contribution < -0.4 is 5.32 Å². The van der Waals surface area contributed by atoms with Crippen molar-refractivity contribution in [3.63, 3.8) is 0 Å². The highest BCUT2D eigenvalue weighted by atomic mass is 32.2. The van der Waals surface area contributed by atoms with Crippen molar-refractivity contribution in [2.45, 2.75) is 38.1 Å². The molecule has 0 bridgehead atoms. The average Bonchev–Trinajstić information content (AvgIpc) is 3.22. The van der Waals surface area contributed by atoms with Crippen LogP contribution in [0.4, 0.5) is 0 Å². The van der Waals surface area contributed by atoms with E-state index in [-0.39, 0.29) is 16.7 Å². The third kappa shape index (κ3) is 3.78. The van der Waals surface area contributed by atoms with Crippen molar-refractivity contribution in [2.24, 2.45) is 5.92 Å². The molecule has 0 aliphatic carbocycles. The Morgan fingerprint density at radius 3 is 2.68 bits per heavy atom. The number of hydrogen-bond acceptors (Lipinski definition) is 5. The van der Waals surface area contributed by atoms with Crippen LogP contribution in [0.15, 0.2) is 22.4 Å². The first-order valence-corrected chi connectivity index (χ1v) is 10.5. The summed E-state index contributed by atoms with van der Waals surface area (Å²) in [7, 11) is -3.57. The molecule has 1 saturated heterocycles. The van der Waals surface area contributed by atoms with Gasteiger partial charge in [0.1, 0.15) is 4.90 Å². The van der Waals surface area contributed by atoms with Gasteiger partial charge >= 0.3 is 0 Å². The normalized spacial score (nSPS) is 16.9. The van der Waals surface area contributed by atoms with Gasteiger partial charge in [0, 0.05) is 23.9 Å². The number of amides is 1. The maximum Gasteiger partial charge on any atom is 0.246 e. The van der Waals surface area contributed by atoms with E-state index in [0.29, 0.717) is 43.9 Å². The molecule has 0 aromatic carbocycles. The van der Waals surface area contributed by atoms with E-state index in [0.717, 1.165) is 4.88 Å². The van der Waals surface area contributed by atoms with Crippen LogP contribution in [0.3, 0.4) is 0 Å². The number of thiophene rings is 1. The Morgan fingerprint density at radius 1 is 1.40 bits per heavy atom. The van der Waals surface area contributed by atoms with Crippen molar-refractivity contribution in [1.29, 1.82) is 0 Å². The highest BCUT2D eigenvalue weighted by molar-refractivity contribution is 7.89. The molecule has 0 saturated carbocycles. The fourth-order valence-electron chi connectivity index (χ4n) is 3.14. The third-order valence-corrected chi connectivity index (χ3v) is 7.54. The summed E-state index contributed by atoms with van der Waals surface area (Å²) in [4.78, 5) is 13.7. The number of carbonyl (C=O) groups excluding carboxylic acids is 1. The van der Waals surface area contributed by atoms with Crippen molar-refractivity contribution < 1.29 is 13.2 Å². The van der Waals surface area contributed by atoms with E-state index in [1.165, 1.54) is 4.31 Å². The standard InChI is InChI=1S/C16H22N4O3S2/c1-11-15(12(2)19-18-11)25(22,23)20-7-5-13(6-8-20)16(21)17-10-14-4-3-9-24-14/h3-4,9,13H,5-8,10H2,1-2H3,(H,17,21)(H,18,19). The lowest BCUT2D eigenvalue weighted by Gasteiger charge is -2.30. The van der Waals surface area contributed by atoms with E-state index >= 15 is 0 Å².